The van der Waals surface area contributed by atoms with Crippen LogP contribution < -0.4 is 5.32 Å². The van der Waals surface area contributed by atoms with Gasteiger partial charge in [-0.15, -0.1) is 0 Å². The molecular weight excluding hydrogens is 374 g/mol. The van der Waals surface area contributed by atoms with E-state index < -0.39 is 12.0 Å². The van der Waals surface area contributed by atoms with Crippen molar-refractivity contribution < 1.29 is 14.7 Å². The van der Waals surface area contributed by atoms with E-state index in [-0.39, 0.29) is 5.91 Å². The highest BCUT2D eigenvalue weighted by Gasteiger charge is 2.23. The number of hydrogen-bond acceptors (Lipinski definition) is 4. The third-order valence-electron chi connectivity index (χ3n) is 4.72. The summed E-state index contributed by atoms with van der Waals surface area (Å²) >= 11 is 4.32. The fourth-order valence-corrected chi connectivity index (χ4v) is 3.81. The number of hydrogen-bond donors (Lipinski definition) is 4. The van der Waals surface area contributed by atoms with Gasteiger partial charge in [-0.05, 0) is 43.2 Å². The Kier molecular flexibility index (Phi) is 8.86. The number of unbranched alkanes of at least 4 members (excludes halogenated alkanes) is 1. The molecule has 0 aliphatic carbocycles. The molecule has 0 fully saturated rings. The SMILES string of the molecule is CC(C)CN(S)[C@H](CCCCNC(=O)CCc1c[nH]c2ccccc12)C(=O)O. The van der Waals surface area contributed by atoms with Gasteiger partial charge < -0.3 is 15.4 Å². The van der Waals surface area contributed by atoms with Gasteiger partial charge in [0.15, 0.2) is 0 Å². The van der Waals surface area contributed by atoms with Crippen LogP contribution >= 0.6 is 12.8 Å². The number of H-pyrrole nitrogens is 1. The van der Waals surface area contributed by atoms with Crippen molar-refractivity contribution in [1.82, 2.24) is 14.6 Å². The Morgan fingerprint density at radius 3 is 2.71 bits per heavy atom. The number of para-hydroxylation sites is 1. The monoisotopic (exact) mass is 405 g/mol. The Morgan fingerprint density at radius 1 is 1.25 bits per heavy atom. The van der Waals surface area contributed by atoms with Gasteiger partial charge in [0.2, 0.25) is 5.91 Å². The van der Waals surface area contributed by atoms with E-state index in [0.29, 0.717) is 38.3 Å². The van der Waals surface area contributed by atoms with Gasteiger partial charge in [0.1, 0.15) is 6.04 Å². The van der Waals surface area contributed by atoms with E-state index in [2.05, 4.69) is 29.2 Å². The predicted molar refractivity (Wildman–Crippen MR) is 115 cm³/mol. The van der Waals surface area contributed by atoms with Crippen molar-refractivity contribution >= 4 is 35.6 Å². The van der Waals surface area contributed by atoms with E-state index >= 15 is 0 Å². The number of benzene rings is 1. The minimum absolute atomic E-state index is 0.0238. The first-order chi connectivity index (χ1) is 13.4. The first kappa shape index (κ1) is 22.3. The summed E-state index contributed by atoms with van der Waals surface area (Å²) in [4.78, 5) is 26.7. The zero-order valence-electron chi connectivity index (χ0n) is 16.6. The summed E-state index contributed by atoms with van der Waals surface area (Å²) in [6.45, 7) is 5.27. The molecule has 1 atom stereocenters. The molecule has 28 heavy (non-hydrogen) atoms. The largest absolute Gasteiger partial charge is 0.480 e. The van der Waals surface area contributed by atoms with Crippen LogP contribution in [0.1, 0.15) is 45.1 Å². The molecule has 154 valence electrons. The highest BCUT2D eigenvalue weighted by molar-refractivity contribution is 7.77. The Balaban J connectivity index is 1.65. The number of aryl methyl sites for hydroxylation is 1. The first-order valence-electron chi connectivity index (χ1n) is 9.88. The number of carboxylic acid groups (broad SMARTS) is 1. The van der Waals surface area contributed by atoms with Crippen molar-refractivity contribution in [2.24, 2.45) is 5.92 Å². The number of thiol groups is 1. The maximum atomic E-state index is 12.1. The number of aromatic amines is 1. The first-order valence-corrected chi connectivity index (χ1v) is 10.3. The summed E-state index contributed by atoms with van der Waals surface area (Å²) in [5.41, 5.74) is 2.23. The average Bonchev–Trinajstić information content (AvgIpc) is 3.05. The number of fused-ring (bicyclic) bond motifs is 1. The predicted octanol–water partition coefficient (Wildman–Crippen LogP) is 3.64. The van der Waals surface area contributed by atoms with Crippen LogP contribution in [0, 0.1) is 5.92 Å². The number of nitrogens with zero attached hydrogens (tertiary/aromatic N) is 1. The molecule has 0 aliphatic rings. The molecule has 2 rings (SSSR count). The molecule has 0 spiro atoms. The lowest BCUT2D eigenvalue weighted by molar-refractivity contribution is -0.141. The van der Waals surface area contributed by atoms with Gasteiger partial charge in [0.25, 0.3) is 0 Å². The number of carbonyl (C=O) groups is 2. The Bertz CT molecular complexity index is 775. The molecular formula is C21H31N3O3S. The molecule has 6 nitrogen and oxygen atoms in total. The summed E-state index contributed by atoms with van der Waals surface area (Å²) < 4.78 is 1.60. The molecule has 1 aromatic heterocycles. The van der Waals surface area contributed by atoms with Crippen molar-refractivity contribution in [2.45, 2.75) is 52.0 Å². The minimum atomic E-state index is -0.849. The van der Waals surface area contributed by atoms with E-state index in [0.717, 1.165) is 29.3 Å². The van der Waals surface area contributed by atoms with Gasteiger partial charge in [-0.3, -0.25) is 9.59 Å². The van der Waals surface area contributed by atoms with Crippen molar-refractivity contribution in [2.75, 3.05) is 13.1 Å². The van der Waals surface area contributed by atoms with E-state index in [1.807, 2.05) is 38.2 Å². The third-order valence-corrected chi connectivity index (χ3v) is 5.16. The number of amides is 1. The molecule has 7 heteroatoms. The van der Waals surface area contributed by atoms with Gasteiger partial charge in [0, 0.05) is 36.6 Å². The second-order valence-electron chi connectivity index (χ2n) is 7.58. The zero-order chi connectivity index (χ0) is 20.5. The van der Waals surface area contributed by atoms with Crippen molar-refractivity contribution in [3.05, 3.63) is 36.0 Å². The maximum absolute atomic E-state index is 12.1. The van der Waals surface area contributed by atoms with E-state index in [1.54, 1.807) is 4.31 Å². The van der Waals surface area contributed by atoms with Crippen molar-refractivity contribution in [3.8, 4) is 0 Å². The quantitative estimate of drug-likeness (QED) is 0.321. The molecule has 1 amide bonds. The van der Waals surface area contributed by atoms with Gasteiger partial charge >= 0.3 is 5.97 Å². The molecule has 3 N–H and O–H groups in total. The average molecular weight is 406 g/mol. The molecule has 0 unspecified atom stereocenters. The van der Waals surface area contributed by atoms with Gasteiger partial charge in [-0.25, -0.2) is 4.31 Å². The molecule has 0 aliphatic heterocycles. The van der Waals surface area contributed by atoms with Crippen LogP contribution in [-0.2, 0) is 16.0 Å². The fraction of sp³-hybridized carbons (Fsp3) is 0.524. The number of rotatable bonds is 12. The molecule has 2 aromatic rings. The zero-order valence-corrected chi connectivity index (χ0v) is 17.5. The topological polar surface area (TPSA) is 85.4 Å². The third kappa shape index (κ3) is 6.87. The van der Waals surface area contributed by atoms with E-state index in [4.69, 9.17) is 0 Å². The van der Waals surface area contributed by atoms with Crippen LogP contribution in [0.3, 0.4) is 0 Å². The number of aliphatic carboxylic acids is 1. The normalized spacial score (nSPS) is 12.6. The summed E-state index contributed by atoms with van der Waals surface area (Å²) in [7, 11) is 0. The molecule has 0 bridgehead atoms. The number of carboxylic acids is 1. The van der Waals surface area contributed by atoms with Crippen LogP contribution in [0.2, 0.25) is 0 Å². The van der Waals surface area contributed by atoms with Crippen LogP contribution in [-0.4, -0.2) is 45.4 Å². The smallest absolute Gasteiger partial charge is 0.321 e. The van der Waals surface area contributed by atoms with Gasteiger partial charge in [0.05, 0.1) is 0 Å². The Hall–Kier alpha value is -1.99. The second kappa shape index (κ2) is 11.1. The number of nitrogens with one attached hydrogen (secondary N) is 2. The van der Waals surface area contributed by atoms with Crippen LogP contribution in [0.5, 0.6) is 0 Å². The highest BCUT2D eigenvalue weighted by atomic mass is 32.1. The van der Waals surface area contributed by atoms with E-state index in [1.165, 1.54) is 0 Å². The standard InChI is InChI=1S/C21H31N3O3S/c1-15(2)14-24(28)19(21(26)27)9-5-6-12-22-20(25)11-10-16-13-23-18-8-4-3-7-17(16)18/h3-4,7-8,13,15,19,23,28H,5-6,9-12,14H2,1-2H3,(H,22,25)(H,26,27)/t19-/m1/s1. The molecule has 0 saturated heterocycles. The van der Waals surface area contributed by atoms with Crippen molar-refractivity contribution in [3.63, 3.8) is 0 Å². The summed E-state index contributed by atoms with van der Waals surface area (Å²) in [5, 5.41) is 13.5. The van der Waals surface area contributed by atoms with Crippen molar-refractivity contribution in [1.29, 1.82) is 0 Å². The highest BCUT2D eigenvalue weighted by Crippen LogP contribution is 2.19. The Labute approximate surface area is 172 Å². The summed E-state index contributed by atoms with van der Waals surface area (Å²) in [6, 6.07) is 7.47. The Morgan fingerprint density at radius 2 is 2.00 bits per heavy atom. The number of carbonyl (C=O) groups excluding carboxylic acids is 1. The fourth-order valence-electron chi connectivity index (χ4n) is 3.27. The van der Waals surface area contributed by atoms with Crippen LogP contribution in [0.4, 0.5) is 0 Å². The lowest BCUT2D eigenvalue weighted by Crippen LogP contribution is -2.37. The molecule has 1 heterocycles. The minimum Gasteiger partial charge on any atom is -0.480 e. The molecule has 1 aromatic carbocycles. The summed E-state index contributed by atoms with van der Waals surface area (Å²) in [5.74, 6) is -0.468. The lowest BCUT2D eigenvalue weighted by Gasteiger charge is -2.24. The number of aromatic nitrogens is 1. The van der Waals surface area contributed by atoms with Crippen LogP contribution in [0.25, 0.3) is 10.9 Å². The molecule has 0 saturated carbocycles. The molecule has 0 radical (unpaired) electrons. The van der Waals surface area contributed by atoms with Crippen LogP contribution in [0.15, 0.2) is 30.5 Å². The van der Waals surface area contributed by atoms with E-state index in [9.17, 15) is 14.7 Å². The van der Waals surface area contributed by atoms with Gasteiger partial charge in [-0.1, -0.05) is 44.9 Å². The summed E-state index contributed by atoms with van der Waals surface area (Å²) in [6.07, 6.45) is 5.11. The maximum Gasteiger partial charge on any atom is 0.321 e. The lowest BCUT2D eigenvalue weighted by atomic mass is 10.1. The second-order valence-corrected chi connectivity index (χ2v) is 8.09. The van der Waals surface area contributed by atoms with Gasteiger partial charge in [-0.2, -0.15) is 0 Å².